The molecule has 2 atom stereocenters. The Balaban J connectivity index is 1.80. The van der Waals surface area contributed by atoms with Gasteiger partial charge in [0, 0.05) is 36.1 Å². The van der Waals surface area contributed by atoms with Crippen molar-refractivity contribution < 1.29 is 4.39 Å². The van der Waals surface area contributed by atoms with E-state index in [-0.39, 0.29) is 11.9 Å². The maximum atomic E-state index is 13.9. The van der Waals surface area contributed by atoms with Gasteiger partial charge in [-0.05, 0) is 35.1 Å². The van der Waals surface area contributed by atoms with Crippen LogP contribution in [0.15, 0.2) is 35.7 Å². The molecule has 0 aliphatic carbocycles. The number of likely N-dealkylation sites (tertiary alicyclic amines) is 1. The molecule has 1 fully saturated rings. The van der Waals surface area contributed by atoms with Gasteiger partial charge in [0.05, 0.1) is 0 Å². The third-order valence-corrected chi connectivity index (χ3v) is 4.87. The number of hydrogen-bond donors (Lipinski definition) is 1. The molecule has 0 radical (unpaired) electrons. The molecule has 106 valence electrons. The molecule has 20 heavy (non-hydrogen) atoms. The molecule has 2 N–H and O–H groups in total. The lowest BCUT2D eigenvalue weighted by Crippen LogP contribution is -2.28. The molecule has 2 heterocycles. The van der Waals surface area contributed by atoms with E-state index >= 15 is 0 Å². The number of nitrogens with two attached hydrogens (primary N) is 1. The first kappa shape index (κ1) is 13.7. The van der Waals surface area contributed by atoms with Gasteiger partial charge in [-0.15, -0.1) is 11.3 Å². The Labute approximate surface area is 123 Å². The Bertz CT molecular complexity index is 572. The summed E-state index contributed by atoms with van der Waals surface area (Å²) in [5.41, 5.74) is 7.91. The van der Waals surface area contributed by atoms with Crippen molar-refractivity contribution in [1.82, 2.24) is 4.90 Å². The summed E-state index contributed by atoms with van der Waals surface area (Å²) in [5, 5.41) is 1.97. The largest absolute Gasteiger partial charge is 0.326 e. The molecule has 1 aromatic carbocycles. The fourth-order valence-corrected chi connectivity index (χ4v) is 3.52. The SMILES string of the molecule is CC1CN(Cc2ccc(F)c(-c3cccs3)c2)CC1N. The molecule has 0 bridgehead atoms. The van der Waals surface area contributed by atoms with Crippen LogP contribution in [0.3, 0.4) is 0 Å². The molecule has 1 aliphatic heterocycles. The number of benzene rings is 1. The zero-order chi connectivity index (χ0) is 14.1. The zero-order valence-electron chi connectivity index (χ0n) is 11.6. The second-order valence-electron chi connectivity index (χ2n) is 5.63. The monoisotopic (exact) mass is 290 g/mol. The average molecular weight is 290 g/mol. The smallest absolute Gasteiger partial charge is 0.131 e. The summed E-state index contributed by atoms with van der Waals surface area (Å²) in [5.74, 6) is 0.384. The van der Waals surface area contributed by atoms with Crippen LogP contribution in [0.2, 0.25) is 0 Å². The van der Waals surface area contributed by atoms with Gasteiger partial charge in [-0.2, -0.15) is 0 Å². The molecule has 1 aliphatic rings. The quantitative estimate of drug-likeness (QED) is 0.939. The third-order valence-electron chi connectivity index (χ3n) is 3.97. The molecule has 2 aromatic rings. The van der Waals surface area contributed by atoms with Crippen molar-refractivity contribution >= 4 is 11.3 Å². The molecule has 0 amide bonds. The first-order valence-electron chi connectivity index (χ1n) is 6.93. The van der Waals surface area contributed by atoms with Gasteiger partial charge in [0.2, 0.25) is 0 Å². The lowest BCUT2D eigenvalue weighted by Gasteiger charge is -2.16. The summed E-state index contributed by atoms with van der Waals surface area (Å²) in [7, 11) is 0. The van der Waals surface area contributed by atoms with E-state index in [9.17, 15) is 4.39 Å². The standard InChI is InChI=1S/C16H19FN2S/c1-11-8-19(10-15(11)18)9-12-4-5-14(17)13(7-12)16-3-2-6-20-16/h2-7,11,15H,8-10,18H2,1H3. The van der Waals surface area contributed by atoms with E-state index in [1.54, 1.807) is 17.4 Å². The first-order valence-corrected chi connectivity index (χ1v) is 7.81. The van der Waals surface area contributed by atoms with E-state index < -0.39 is 0 Å². The third kappa shape index (κ3) is 2.77. The highest BCUT2D eigenvalue weighted by Gasteiger charge is 2.26. The molecule has 2 nitrogen and oxygen atoms in total. The van der Waals surface area contributed by atoms with Gasteiger partial charge < -0.3 is 5.73 Å². The predicted octanol–water partition coefficient (Wildman–Crippen LogP) is 3.33. The van der Waals surface area contributed by atoms with Crippen molar-refractivity contribution in [1.29, 1.82) is 0 Å². The lowest BCUT2D eigenvalue weighted by atomic mass is 10.1. The van der Waals surface area contributed by atoms with Crippen LogP contribution in [0.25, 0.3) is 10.4 Å². The average Bonchev–Trinajstić information content (AvgIpc) is 3.03. The summed E-state index contributed by atoms with van der Waals surface area (Å²) in [6.45, 7) is 4.98. The van der Waals surface area contributed by atoms with Crippen LogP contribution in [0.5, 0.6) is 0 Å². The van der Waals surface area contributed by atoms with Crippen molar-refractivity contribution in [2.24, 2.45) is 11.7 Å². The molecule has 0 spiro atoms. The predicted molar refractivity (Wildman–Crippen MR) is 82.1 cm³/mol. The maximum Gasteiger partial charge on any atom is 0.131 e. The highest BCUT2D eigenvalue weighted by atomic mass is 32.1. The van der Waals surface area contributed by atoms with Crippen LogP contribution >= 0.6 is 11.3 Å². The van der Waals surface area contributed by atoms with Gasteiger partial charge in [-0.1, -0.05) is 19.1 Å². The summed E-state index contributed by atoms with van der Waals surface area (Å²) in [4.78, 5) is 3.33. The highest BCUT2D eigenvalue weighted by Crippen LogP contribution is 2.29. The second kappa shape index (κ2) is 5.64. The summed E-state index contributed by atoms with van der Waals surface area (Å²) in [6, 6.07) is 9.58. The molecular formula is C16H19FN2S. The second-order valence-corrected chi connectivity index (χ2v) is 6.57. The zero-order valence-corrected chi connectivity index (χ0v) is 12.4. The Morgan fingerprint density at radius 1 is 1.35 bits per heavy atom. The van der Waals surface area contributed by atoms with Crippen LogP contribution < -0.4 is 5.73 Å². The maximum absolute atomic E-state index is 13.9. The highest BCUT2D eigenvalue weighted by molar-refractivity contribution is 7.13. The van der Waals surface area contributed by atoms with Gasteiger partial charge in [-0.25, -0.2) is 4.39 Å². The van der Waals surface area contributed by atoms with E-state index in [0.29, 0.717) is 11.5 Å². The van der Waals surface area contributed by atoms with Gasteiger partial charge in [-0.3, -0.25) is 4.90 Å². The van der Waals surface area contributed by atoms with Gasteiger partial charge in [0.1, 0.15) is 5.82 Å². The van der Waals surface area contributed by atoms with Crippen molar-refractivity contribution in [2.45, 2.75) is 19.5 Å². The lowest BCUT2D eigenvalue weighted by molar-refractivity contribution is 0.319. The topological polar surface area (TPSA) is 29.3 Å². The molecule has 4 heteroatoms. The Hall–Kier alpha value is -1.23. The van der Waals surface area contributed by atoms with Crippen molar-refractivity contribution in [2.75, 3.05) is 13.1 Å². The molecule has 1 saturated heterocycles. The van der Waals surface area contributed by atoms with Gasteiger partial charge in [0.25, 0.3) is 0 Å². The summed E-state index contributed by atoms with van der Waals surface area (Å²) < 4.78 is 13.9. The first-order chi connectivity index (χ1) is 9.63. The summed E-state index contributed by atoms with van der Waals surface area (Å²) >= 11 is 1.57. The molecule has 1 aromatic heterocycles. The van der Waals surface area contributed by atoms with Crippen molar-refractivity contribution in [3.63, 3.8) is 0 Å². The van der Waals surface area contributed by atoms with Crippen LogP contribution in [0.4, 0.5) is 4.39 Å². The summed E-state index contributed by atoms with van der Waals surface area (Å²) in [6.07, 6.45) is 0. The molecule has 0 saturated carbocycles. The van der Waals surface area contributed by atoms with E-state index in [2.05, 4.69) is 11.8 Å². The number of thiophene rings is 1. The molecule has 2 unspecified atom stereocenters. The minimum absolute atomic E-state index is 0.150. The van der Waals surface area contributed by atoms with E-state index in [1.807, 2.05) is 29.6 Å². The van der Waals surface area contributed by atoms with E-state index in [4.69, 9.17) is 5.73 Å². The van der Waals surface area contributed by atoms with E-state index in [0.717, 1.165) is 30.1 Å². The molecular weight excluding hydrogens is 271 g/mol. The fourth-order valence-electron chi connectivity index (χ4n) is 2.77. The van der Waals surface area contributed by atoms with Crippen LogP contribution in [-0.2, 0) is 6.54 Å². The van der Waals surface area contributed by atoms with E-state index in [1.165, 1.54) is 0 Å². The van der Waals surface area contributed by atoms with Crippen LogP contribution in [0, 0.1) is 11.7 Å². The Morgan fingerprint density at radius 3 is 2.85 bits per heavy atom. The Morgan fingerprint density at radius 2 is 2.20 bits per heavy atom. The number of hydrogen-bond acceptors (Lipinski definition) is 3. The van der Waals surface area contributed by atoms with Crippen molar-refractivity contribution in [3.8, 4) is 10.4 Å². The fraction of sp³-hybridized carbons (Fsp3) is 0.375. The van der Waals surface area contributed by atoms with Crippen LogP contribution in [0.1, 0.15) is 12.5 Å². The van der Waals surface area contributed by atoms with Gasteiger partial charge >= 0.3 is 0 Å². The minimum atomic E-state index is -0.150. The minimum Gasteiger partial charge on any atom is -0.326 e. The van der Waals surface area contributed by atoms with Gasteiger partial charge in [0.15, 0.2) is 0 Å². The molecule has 3 rings (SSSR count). The number of halogens is 1. The Kier molecular flexibility index (Phi) is 3.87. The number of nitrogens with zero attached hydrogens (tertiary/aromatic N) is 1. The van der Waals surface area contributed by atoms with Crippen LogP contribution in [-0.4, -0.2) is 24.0 Å². The number of rotatable bonds is 3. The van der Waals surface area contributed by atoms with Crippen molar-refractivity contribution in [3.05, 3.63) is 47.1 Å². The normalized spacial score (nSPS) is 23.4.